The minimum Gasteiger partial charge on any atom is -0.377 e. The van der Waals surface area contributed by atoms with Crippen LogP contribution in [0.1, 0.15) is 34.6 Å². The number of hydrogen-bond donors (Lipinski definition) is 1. The Hall–Kier alpha value is -0.610. The lowest BCUT2D eigenvalue weighted by Crippen LogP contribution is -2.45. The van der Waals surface area contributed by atoms with Gasteiger partial charge in [0.2, 0.25) is 5.91 Å². The summed E-state index contributed by atoms with van der Waals surface area (Å²) in [4.78, 5) is 13.7. The summed E-state index contributed by atoms with van der Waals surface area (Å²) in [5.41, 5.74) is 0. The zero-order chi connectivity index (χ0) is 12.6. The van der Waals surface area contributed by atoms with Gasteiger partial charge in [0.05, 0.1) is 18.8 Å². The molecule has 4 heteroatoms. The standard InChI is InChI=1S/C12H26N2O2/c1-6-14(7-2)12(15)11(5)13-8-9-16-10(3)4/h10-11,13H,6-9H2,1-5H3. The third-order valence-corrected chi connectivity index (χ3v) is 2.45. The summed E-state index contributed by atoms with van der Waals surface area (Å²) in [6, 6.07) is -0.129. The summed E-state index contributed by atoms with van der Waals surface area (Å²) < 4.78 is 5.40. The van der Waals surface area contributed by atoms with Gasteiger partial charge in [-0.05, 0) is 34.6 Å². The van der Waals surface area contributed by atoms with Crippen molar-refractivity contribution in [2.24, 2.45) is 0 Å². The van der Waals surface area contributed by atoms with Crippen LogP contribution < -0.4 is 5.32 Å². The zero-order valence-corrected chi connectivity index (χ0v) is 11.2. The van der Waals surface area contributed by atoms with Crippen molar-refractivity contribution in [3.8, 4) is 0 Å². The molecule has 16 heavy (non-hydrogen) atoms. The van der Waals surface area contributed by atoms with Crippen molar-refractivity contribution in [1.82, 2.24) is 10.2 Å². The number of ether oxygens (including phenoxy) is 1. The number of amides is 1. The van der Waals surface area contributed by atoms with Crippen LogP contribution in [0, 0.1) is 0 Å². The topological polar surface area (TPSA) is 41.6 Å². The van der Waals surface area contributed by atoms with Gasteiger partial charge in [0.15, 0.2) is 0 Å². The number of nitrogens with zero attached hydrogens (tertiary/aromatic N) is 1. The van der Waals surface area contributed by atoms with Crippen molar-refractivity contribution in [2.45, 2.75) is 46.8 Å². The molecule has 0 rings (SSSR count). The molecule has 0 saturated heterocycles. The summed E-state index contributed by atoms with van der Waals surface area (Å²) in [5, 5.41) is 3.17. The molecule has 1 unspecified atom stereocenters. The molecule has 0 heterocycles. The van der Waals surface area contributed by atoms with Crippen LogP contribution in [0.5, 0.6) is 0 Å². The first-order chi connectivity index (χ1) is 7.52. The van der Waals surface area contributed by atoms with Gasteiger partial charge in [-0.15, -0.1) is 0 Å². The van der Waals surface area contributed by atoms with Gasteiger partial charge in [0.1, 0.15) is 0 Å². The van der Waals surface area contributed by atoms with Gasteiger partial charge in [-0.2, -0.15) is 0 Å². The molecule has 0 spiro atoms. The predicted molar refractivity (Wildman–Crippen MR) is 66.5 cm³/mol. The highest BCUT2D eigenvalue weighted by Crippen LogP contribution is 1.94. The molecule has 0 fully saturated rings. The second kappa shape index (κ2) is 8.53. The Morgan fingerprint density at radius 2 is 1.81 bits per heavy atom. The van der Waals surface area contributed by atoms with E-state index in [2.05, 4.69) is 5.32 Å². The Labute approximate surface area is 99.3 Å². The van der Waals surface area contributed by atoms with Crippen LogP contribution in [-0.4, -0.2) is 49.2 Å². The van der Waals surface area contributed by atoms with Crippen molar-refractivity contribution in [3.63, 3.8) is 0 Å². The van der Waals surface area contributed by atoms with Crippen LogP contribution in [0.15, 0.2) is 0 Å². The Bertz CT molecular complexity index is 191. The molecule has 96 valence electrons. The maximum atomic E-state index is 11.9. The van der Waals surface area contributed by atoms with Crippen LogP contribution >= 0.6 is 0 Å². The number of hydrogen-bond acceptors (Lipinski definition) is 3. The molecule has 0 aromatic carbocycles. The van der Waals surface area contributed by atoms with E-state index in [-0.39, 0.29) is 18.1 Å². The Morgan fingerprint density at radius 3 is 2.25 bits per heavy atom. The number of likely N-dealkylation sites (N-methyl/N-ethyl adjacent to an activating group) is 1. The lowest BCUT2D eigenvalue weighted by atomic mass is 10.3. The van der Waals surface area contributed by atoms with E-state index in [9.17, 15) is 4.79 Å². The van der Waals surface area contributed by atoms with Crippen LogP contribution in [0.3, 0.4) is 0 Å². The first kappa shape index (κ1) is 15.4. The largest absolute Gasteiger partial charge is 0.377 e. The fraction of sp³-hybridized carbons (Fsp3) is 0.917. The Balaban J connectivity index is 3.78. The molecular formula is C12H26N2O2. The predicted octanol–water partition coefficient (Wildman–Crippen LogP) is 1.26. The van der Waals surface area contributed by atoms with Gasteiger partial charge in [-0.3, -0.25) is 4.79 Å². The summed E-state index contributed by atoms with van der Waals surface area (Å²) >= 11 is 0. The van der Waals surface area contributed by atoms with E-state index in [1.54, 1.807) is 0 Å². The van der Waals surface area contributed by atoms with Gasteiger partial charge in [-0.25, -0.2) is 0 Å². The second-order valence-corrected chi connectivity index (χ2v) is 4.11. The van der Waals surface area contributed by atoms with Crippen molar-refractivity contribution in [2.75, 3.05) is 26.2 Å². The first-order valence-corrected chi connectivity index (χ1v) is 6.16. The monoisotopic (exact) mass is 230 g/mol. The number of carbonyl (C=O) groups excluding carboxylic acids is 1. The van der Waals surface area contributed by atoms with E-state index in [1.807, 2.05) is 39.5 Å². The summed E-state index contributed by atoms with van der Waals surface area (Å²) in [7, 11) is 0. The molecule has 0 aromatic rings. The highest BCUT2D eigenvalue weighted by Gasteiger charge is 2.16. The Kier molecular flexibility index (Phi) is 8.21. The van der Waals surface area contributed by atoms with Gasteiger partial charge in [0, 0.05) is 19.6 Å². The summed E-state index contributed by atoms with van der Waals surface area (Å²) in [6.45, 7) is 12.8. The third kappa shape index (κ3) is 6.08. The molecule has 0 saturated carbocycles. The average molecular weight is 230 g/mol. The molecule has 1 N–H and O–H groups in total. The van der Waals surface area contributed by atoms with Gasteiger partial charge >= 0.3 is 0 Å². The lowest BCUT2D eigenvalue weighted by Gasteiger charge is -2.23. The van der Waals surface area contributed by atoms with E-state index < -0.39 is 0 Å². The molecule has 1 amide bonds. The van der Waals surface area contributed by atoms with E-state index in [4.69, 9.17) is 4.74 Å². The van der Waals surface area contributed by atoms with Crippen molar-refractivity contribution >= 4 is 5.91 Å². The Morgan fingerprint density at radius 1 is 1.25 bits per heavy atom. The van der Waals surface area contributed by atoms with Gasteiger partial charge in [-0.1, -0.05) is 0 Å². The molecule has 0 aliphatic rings. The van der Waals surface area contributed by atoms with Crippen molar-refractivity contribution in [1.29, 1.82) is 0 Å². The fourth-order valence-electron chi connectivity index (χ4n) is 1.47. The fourth-order valence-corrected chi connectivity index (χ4v) is 1.47. The van der Waals surface area contributed by atoms with Crippen LogP contribution in [0.4, 0.5) is 0 Å². The van der Waals surface area contributed by atoms with Gasteiger partial charge < -0.3 is 15.0 Å². The maximum absolute atomic E-state index is 11.9. The SMILES string of the molecule is CCN(CC)C(=O)C(C)NCCOC(C)C. The maximum Gasteiger partial charge on any atom is 0.239 e. The molecule has 0 aromatic heterocycles. The highest BCUT2D eigenvalue weighted by atomic mass is 16.5. The first-order valence-electron chi connectivity index (χ1n) is 6.16. The van der Waals surface area contributed by atoms with E-state index in [0.29, 0.717) is 13.2 Å². The molecule has 1 atom stereocenters. The van der Waals surface area contributed by atoms with E-state index in [1.165, 1.54) is 0 Å². The average Bonchev–Trinajstić information content (AvgIpc) is 2.25. The second-order valence-electron chi connectivity index (χ2n) is 4.11. The number of rotatable bonds is 8. The smallest absolute Gasteiger partial charge is 0.239 e. The zero-order valence-electron chi connectivity index (χ0n) is 11.2. The normalized spacial score (nSPS) is 12.9. The minimum atomic E-state index is -0.129. The van der Waals surface area contributed by atoms with Crippen LogP contribution in [0.25, 0.3) is 0 Å². The minimum absolute atomic E-state index is 0.129. The van der Waals surface area contributed by atoms with Crippen molar-refractivity contribution < 1.29 is 9.53 Å². The van der Waals surface area contributed by atoms with Crippen LogP contribution in [-0.2, 0) is 9.53 Å². The quantitative estimate of drug-likeness (QED) is 0.638. The van der Waals surface area contributed by atoms with E-state index in [0.717, 1.165) is 13.1 Å². The van der Waals surface area contributed by atoms with E-state index >= 15 is 0 Å². The molecule has 4 nitrogen and oxygen atoms in total. The van der Waals surface area contributed by atoms with Crippen molar-refractivity contribution in [3.05, 3.63) is 0 Å². The molecule has 0 bridgehead atoms. The molecule has 0 aliphatic carbocycles. The summed E-state index contributed by atoms with van der Waals surface area (Å²) in [6.07, 6.45) is 0.246. The van der Waals surface area contributed by atoms with Crippen LogP contribution in [0.2, 0.25) is 0 Å². The molecular weight excluding hydrogens is 204 g/mol. The third-order valence-electron chi connectivity index (χ3n) is 2.45. The highest BCUT2D eigenvalue weighted by molar-refractivity contribution is 5.81. The number of nitrogens with one attached hydrogen (secondary N) is 1. The molecule has 0 radical (unpaired) electrons. The number of carbonyl (C=O) groups is 1. The van der Waals surface area contributed by atoms with Gasteiger partial charge in [0.25, 0.3) is 0 Å². The molecule has 0 aliphatic heterocycles. The lowest BCUT2D eigenvalue weighted by molar-refractivity contribution is -0.132. The summed E-state index contributed by atoms with van der Waals surface area (Å²) in [5.74, 6) is 0.162.